The van der Waals surface area contributed by atoms with Gasteiger partial charge in [-0.15, -0.1) is 0 Å². The van der Waals surface area contributed by atoms with Gasteiger partial charge in [0.25, 0.3) is 0 Å². The molecule has 21 heavy (non-hydrogen) atoms. The molecule has 2 unspecified atom stereocenters. The lowest BCUT2D eigenvalue weighted by Gasteiger charge is -2.14. The van der Waals surface area contributed by atoms with Crippen LogP contribution in [0.1, 0.15) is 31.7 Å². The van der Waals surface area contributed by atoms with Gasteiger partial charge in [-0.2, -0.15) is 0 Å². The van der Waals surface area contributed by atoms with Crippen LogP contribution >= 0.6 is 0 Å². The second-order valence-corrected chi connectivity index (χ2v) is 5.59. The zero-order chi connectivity index (χ0) is 14.9. The smallest absolute Gasteiger partial charge is 0.119 e. The number of aryl methyl sites for hydroxylation is 1. The maximum Gasteiger partial charge on any atom is 0.119 e. The number of rotatable bonds is 9. The molecule has 2 atom stereocenters. The molecular weight excluding hydrogens is 266 g/mol. The summed E-state index contributed by atoms with van der Waals surface area (Å²) in [6, 6.07) is 8.02. The number of aliphatic hydroxyl groups excluding tert-OH is 1. The van der Waals surface area contributed by atoms with Gasteiger partial charge in [-0.3, -0.25) is 0 Å². The van der Waals surface area contributed by atoms with Crippen LogP contribution in [0.5, 0.6) is 5.75 Å². The summed E-state index contributed by atoms with van der Waals surface area (Å²) in [5.41, 5.74) is 1.29. The maximum absolute atomic E-state index is 9.88. The molecule has 1 fully saturated rings. The monoisotopic (exact) mass is 293 g/mol. The van der Waals surface area contributed by atoms with Gasteiger partial charge in [0.2, 0.25) is 0 Å². The minimum absolute atomic E-state index is 0.318. The first kappa shape index (κ1) is 16.3. The molecule has 0 amide bonds. The van der Waals surface area contributed by atoms with Crippen LogP contribution in [0.25, 0.3) is 0 Å². The van der Waals surface area contributed by atoms with Crippen LogP contribution in [0.4, 0.5) is 0 Å². The van der Waals surface area contributed by atoms with E-state index in [1.807, 2.05) is 12.1 Å². The van der Waals surface area contributed by atoms with Gasteiger partial charge >= 0.3 is 0 Å². The number of hydrogen-bond donors (Lipinski definition) is 2. The van der Waals surface area contributed by atoms with E-state index < -0.39 is 6.10 Å². The molecule has 0 aliphatic carbocycles. The van der Waals surface area contributed by atoms with Gasteiger partial charge in [0.15, 0.2) is 0 Å². The van der Waals surface area contributed by atoms with Gasteiger partial charge in [-0.1, -0.05) is 19.1 Å². The van der Waals surface area contributed by atoms with Crippen molar-refractivity contribution < 1.29 is 14.6 Å². The fourth-order valence-corrected chi connectivity index (χ4v) is 2.48. The van der Waals surface area contributed by atoms with Crippen molar-refractivity contribution in [2.45, 2.75) is 44.8 Å². The largest absolute Gasteiger partial charge is 0.491 e. The van der Waals surface area contributed by atoms with Crippen LogP contribution in [-0.4, -0.2) is 43.6 Å². The Morgan fingerprint density at radius 2 is 2.19 bits per heavy atom. The van der Waals surface area contributed by atoms with E-state index >= 15 is 0 Å². The van der Waals surface area contributed by atoms with Gasteiger partial charge in [0, 0.05) is 13.2 Å². The normalized spacial score (nSPS) is 19.6. The molecule has 4 heteroatoms. The first-order chi connectivity index (χ1) is 10.3. The van der Waals surface area contributed by atoms with Crippen LogP contribution < -0.4 is 10.1 Å². The molecule has 0 spiro atoms. The number of nitrogens with one attached hydrogen (secondary N) is 1. The SMILES string of the molecule is CCc1ccc(OCC(O)CNCCC2CCCO2)cc1. The summed E-state index contributed by atoms with van der Waals surface area (Å²) >= 11 is 0. The first-order valence-electron chi connectivity index (χ1n) is 8.00. The summed E-state index contributed by atoms with van der Waals surface area (Å²) in [4.78, 5) is 0. The minimum Gasteiger partial charge on any atom is -0.491 e. The number of ether oxygens (including phenoxy) is 2. The Kier molecular flexibility index (Phi) is 7.00. The van der Waals surface area contributed by atoms with Crippen molar-refractivity contribution in [1.29, 1.82) is 0 Å². The lowest BCUT2D eigenvalue weighted by Crippen LogP contribution is -2.33. The molecule has 1 aromatic carbocycles. The summed E-state index contributed by atoms with van der Waals surface area (Å²) in [5.74, 6) is 0.811. The van der Waals surface area contributed by atoms with Gasteiger partial charge < -0.3 is 19.9 Å². The molecule has 1 saturated heterocycles. The summed E-state index contributed by atoms with van der Waals surface area (Å²) in [6.45, 7) is 4.78. The van der Waals surface area contributed by atoms with Crippen molar-refractivity contribution in [2.75, 3.05) is 26.3 Å². The van der Waals surface area contributed by atoms with Crippen molar-refractivity contribution in [2.24, 2.45) is 0 Å². The Balaban J connectivity index is 1.54. The van der Waals surface area contributed by atoms with E-state index in [1.54, 1.807) is 0 Å². The third kappa shape index (κ3) is 6.04. The maximum atomic E-state index is 9.88. The quantitative estimate of drug-likeness (QED) is 0.685. The van der Waals surface area contributed by atoms with Gasteiger partial charge in [0.05, 0.1) is 6.10 Å². The molecule has 2 rings (SSSR count). The van der Waals surface area contributed by atoms with Gasteiger partial charge in [-0.25, -0.2) is 0 Å². The third-order valence-corrected chi connectivity index (χ3v) is 3.82. The van der Waals surface area contributed by atoms with Crippen LogP contribution in [0.2, 0.25) is 0 Å². The Hall–Kier alpha value is -1.10. The van der Waals surface area contributed by atoms with E-state index in [0.717, 1.165) is 31.7 Å². The van der Waals surface area contributed by atoms with E-state index in [-0.39, 0.29) is 0 Å². The molecule has 0 bridgehead atoms. The Morgan fingerprint density at radius 3 is 2.86 bits per heavy atom. The lowest BCUT2D eigenvalue weighted by atomic mass is 10.2. The van der Waals surface area contributed by atoms with Crippen LogP contribution in [0.15, 0.2) is 24.3 Å². The second-order valence-electron chi connectivity index (χ2n) is 5.59. The molecule has 1 aromatic rings. The van der Waals surface area contributed by atoms with Crippen molar-refractivity contribution in [3.05, 3.63) is 29.8 Å². The summed E-state index contributed by atoms with van der Waals surface area (Å²) in [5, 5.41) is 13.1. The van der Waals surface area contributed by atoms with E-state index in [0.29, 0.717) is 19.3 Å². The minimum atomic E-state index is -0.486. The summed E-state index contributed by atoms with van der Waals surface area (Å²) in [6.07, 6.45) is 4.31. The highest BCUT2D eigenvalue weighted by Gasteiger charge is 2.14. The Labute approximate surface area is 127 Å². The zero-order valence-corrected chi connectivity index (χ0v) is 12.9. The molecule has 1 aliphatic rings. The van der Waals surface area contributed by atoms with Crippen molar-refractivity contribution >= 4 is 0 Å². The molecule has 0 aromatic heterocycles. The fourth-order valence-electron chi connectivity index (χ4n) is 2.48. The molecule has 0 saturated carbocycles. The van der Waals surface area contributed by atoms with Gasteiger partial charge in [0.1, 0.15) is 18.5 Å². The predicted octanol–water partition coefficient (Wildman–Crippen LogP) is 2.15. The van der Waals surface area contributed by atoms with Crippen molar-refractivity contribution in [1.82, 2.24) is 5.32 Å². The number of benzene rings is 1. The molecule has 0 radical (unpaired) electrons. The highest BCUT2D eigenvalue weighted by molar-refractivity contribution is 5.27. The standard InChI is InChI=1S/C17H27NO3/c1-2-14-5-7-17(8-6-14)21-13-15(19)12-18-10-9-16-4-3-11-20-16/h5-8,15-16,18-19H,2-4,9-13H2,1H3. The Bertz CT molecular complexity index is 388. The van der Waals surface area contributed by atoms with Crippen molar-refractivity contribution in [3.8, 4) is 5.75 Å². The van der Waals surface area contributed by atoms with E-state index in [9.17, 15) is 5.11 Å². The third-order valence-electron chi connectivity index (χ3n) is 3.82. The number of aliphatic hydroxyl groups is 1. The van der Waals surface area contributed by atoms with Crippen LogP contribution in [0, 0.1) is 0 Å². The fraction of sp³-hybridized carbons (Fsp3) is 0.647. The number of hydrogen-bond acceptors (Lipinski definition) is 4. The van der Waals surface area contributed by atoms with Crippen LogP contribution in [0.3, 0.4) is 0 Å². The average molecular weight is 293 g/mol. The van der Waals surface area contributed by atoms with Crippen molar-refractivity contribution in [3.63, 3.8) is 0 Å². The van der Waals surface area contributed by atoms with Crippen LogP contribution in [-0.2, 0) is 11.2 Å². The van der Waals surface area contributed by atoms with E-state index in [1.165, 1.54) is 18.4 Å². The molecule has 1 heterocycles. The van der Waals surface area contributed by atoms with Gasteiger partial charge in [-0.05, 0) is 49.9 Å². The topological polar surface area (TPSA) is 50.7 Å². The zero-order valence-electron chi connectivity index (χ0n) is 12.9. The molecule has 4 nitrogen and oxygen atoms in total. The summed E-state index contributed by atoms with van der Waals surface area (Å²) in [7, 11) is 0. The molecular formula is C17H27NO3. The second kappa shape index (κ2) is 9.03. The lowest BCUT2D eigenvalue weighted by molar-refractivity contribution is 0.0942. The van der Waals surface area contributed by atoms with E-state index in [2.05, 4.69) is 24.4 Å². The molecule has 1 aliphatic heterocycles. The average Bonchev–Trinajstić information content (AvgIpc) is 3.03. The van der Waals surface area contributed by atoms with E-state index in [4.69, 9.17) is 9.47 Å². The highest BCUT2D eigenvalue weighted by Crippen LogP contribution is 2.14. The summed E-state index contributed by atoms with van der Waals surface area (Å²) < 4.78 is 11.1. The Morgan fingerprint density at radius 1 is 1.38 bits per heavy atom. The predicted molar refractivity (Wildman–Crippen MR) is 83.8 cm³/mol. The highest BCUT2D eigenvalue weighted by atomic mass is 16.5. The molecule has 2 N–H and O–H groups in total. The first-order valence-corrected chi connectivity index (χ1v) is 8.00. The molecule has 118 valence electrons.